The lowest BCUT2D eigenvalue weighted by Gasteiger charge is -2.22. The van der Waals surface area contributed by atoms with Crippen molar-refractivity contribution in [3.05, 3.63) is 36.4 Å². The number of amides is 1. The van der Waals surface area contributed by atoms with Crippen molar-refractivity contribution in [1.29, 1.82) is 0 Å². The van der Waals surface area contributed by atoms with E-state index in [-0.39, 0.29) is 5.91 Å². The van der Waals surface area contributed by atoms with E-state index in [1.807, 2.05) is 18.2 Å². The van der Waals surface area contributed by atoms with Gasteiger partial charge in [-0.2, -0.15) is 0 Å². The minimum Gasteiger partial charge on any atom is -0.495 e. The minimum absolute atomic E-state index is 0.219. The van der Waals surface area contributed by atoms with E-state index < -0.39 is 29.5 Å². The molecule has 3 aliphatic rings. The number of carbonyl (C=O) groups excluding carboxylic acids is 1. The minimum atomic E-state index is -0.989. The van der Waals surface area contributed by atoms with Crippen molar-refractivity contribution in [1.82, 2.24) is 0 Å². The second-order valence-electron chi connectivity index (χ2n) is 5.83. The highest BCUT2D eigenvalue weighted by atomic mass is 16.5. The number of carboxylic acids is 1. The zero-order valence-corrected chi connectivity index (χ0v) is 11.9. The molecule has 0 aliphatic carbocycles. The molecule has 2 fully saturated rings. The van der Waals surface area contributed by atoms with Crippen LogP contribution < -0.4 is 9.64 Å². The van der Waals surface area contributed by atoms with Crippen molar-refractivity contribution in [3.63, 3.8) is 0 Å². The fourth-order valence-electron chi connectivity index (χ4n) is 3.84. The Hall–Kier alpha value is -2.34. The maximum atomic E-state index is 12.8. The summed E-state index contributed by atoms with van der Waals surface area (Å²) in [5.41, 5.74) is -0.186. The summed E-state index contributed by atoms with van der Waals surface area (Å²) >= 11 is 0. The van der Waals surface area contributed by atoms with Crippen LogP contribution in [0, 0.1) is 11.8 Å². The van der Waals surface area contributed by atoms with Gasteiger partial charge >= 0.3 is 5.97 Å². The summed E-state index contributed by atoms with van der Waals surface area (Å²) in [6.07, 6.45) is 3.09. The second kappa shape index (κ2) is 4.33. The molecule has 4 atom stereocenters. The van der Waals surface area contributed by atoms with Gasteiger partial charge in [0, 0.05) is 0 Å². The molecule has 0 radical (unpaired) electrons. The molecule has 6 nitrogen and oxygen atoms in total. The molecule has 0 aromatic heterocycles. The van der Waals surface area contributed by atoms with Crippen LogP contribution in [0.4, 0.5) is 5.69 Å². The summed E-state index contributed by atoms with van der Waals surface area (Å²) in [6.45, 7) is 0.313. The molecular weight excluding hydrogens is 286 g/mol. The number of para-hydroxylation sites is 2. The Kier molecular flexibility index (Phi) is 2.62. The smallest absolute Gasteiger partial charge is 0.310 e. The lowest BCUT2D eigenvalue weighted by atomic mass is 9.77. The lowest BCUT2D eigenvalue weighted by Crippen LogP contribution is -2.39. The zero-order valence-electron chi connectivity index (χ0n) is 11.9. The maximum absolute atomic E-state index is 12.8. The van der Waals surface area contributed by atoms with Crippen LogP contribution in [0.2, 0.25) is 0 Å². The standard InChI is InChI=1S/C16H15NO5/c1-21-10-5-3-2-4-9(10)17-8-16-7-6-11(22-16)12(15(19)20)13(16)14(17)18/h2-7,11-13H,8H2,1H3,(H,19,20)/t11-,12+,13-,16+/m1/s1. The first kappa shape index (κ1) is 13.3. The fraction of sp³-hybridized carbons (Fsp3) is 0.375. The highest BCUT2D eigenvalue weighted by Gasteiger charge is 2.67. The van der Waals surface area contributed by atoms with Crippen LogP contribution in [0.3, 0.4) is 0 Å². The third-order valence-electron chi connectivity index (χ3n) is 4.76. The number of fused-ring (bicyclic) bond motifs is 1. The number of ether oxygens (including phenoxy) is 2. The van der Waals surface area contributed by atoms with Gasteiger partial charge in [-0.15, -0.1) is 0 Å². The number of nitrogens with zero attached hydrogens (tertiary/aromatic N) is 1. The molecule has 1 spiro atoms. The van der Waals surface area contributed by atoms with Crippen molar-refractivity contribution in [3.8, 4) is 5.75 Å². The van der Waals surface area contributed by atoms with E-state index in [1.54, 1.807) is 30.2 Å². The van der Waals surface area contributed by atoms with Crippen molar-refractivity contribution in [2.24, 2.45) is 11.8 Å². The summed E-state index contributed by atoms with van der Waals surface area (Å²) in [5, 5.41) is 9.45. The number of anilines is 1. The lowest BCUT2D eigenvalue weighted by molar-refractivity contribution is -0.146. The molecule has 3 aliphatic heterocycles. The average molecular weight is 301 g/mol. The van der Waals surface area contributed by atoms with Crippen molar-refractivity contribution < 1.29 is 24.2 Å². The highest BCUT2D eigenvalue weighted by Crippen LogP contribution is 2.53. The number of carboxylic acid groups (broad SMARTS) is 1. The molecule has 6 heteroatoms. The summed E-state index contributed by atoms with van der Waals surface area (Å²) < 4.78 is 11.2. The van der Waals surface area contributed by atoms with E-state index in [0.717, 1.165) is 0 Å². The summed E-state index contributed by atoms with van der Waals surface area (Å²) in [4.78, 5) is 26.0. The Bertz CT molecular complexity index is 700. The number of aliphatic carboxylic acids is 1. The molecule has 1 aromatic carbocycles. The van der Waals surface area contributed by atoms with Crippen LogP contribution in [-0.4, -0.2) is 42.3 Å². The Morgan fingerprint density at radius 2 is 2.23 bits per heavy atom. The first-order valence-corrected chi connectivity index (χ1v) is 7.12. The van der Waals surface area contributed by atoms with Crippen LogP contribution in [0.15, 0.2) is 36.4 Å². The van der Waals surface area contributed by atoms with Crippen LogP contribution in [0.1, 0.15) is 0 Å². The van der Waals surface area contributed by atoms with Gasteiger partial charge in [0.2, 0.25) is 5.91 Å². The van der Waals surface area contributed by atoms with Crippen LogP contribution in [0.5, 0.6) is 5.75 Å². The largest absolute Gasteiger partial charge is 0.495 e. The van der Waals surface area contributed by atoms with Crippen molar-refractivity contribution >= 4 is 17.6 Å². The fourth-order valence-corrected chi connectivity index (χ4v) is 3.84. The monoisotopic (exact) mass is 301 g/mol. The number of carbonyl (C=O) groups is 2. The third-order valence-corrected chi connectivity index (χ3v) is 4.76. The molecule has 1 N–H and O–H groups in total. The van der Waals surface area contributed by atoms with E-state index in [0.29, 0.717) is 18.0 Å². The molecular formula is C16H15NO5. The summed E-state index contributed by atoms with van der Waals surface area (Å²) in [6, 6.07) is 7.21. The molecule has 1 aromatic rings. The molecule has 0 saturated carbocycles. The predicted octanol–water partition coefficient (Wildman–Crippen LogP) is 1.07. The van der Waals surface area contributed by atoms with Gasteiger partial charge < -0.3 is 19.5 Å². The molecule has 22 heavy (non-hydrogen) atoms. The Morgan fingerprint density at radius 1 is 1.45 bits per heavy atom. The van der Waals surface area contributed by atoms with Gasteiger partial charge in [-0.05, 0) is 12.1 Å². The quantitative estimate of drug-likeness (QED) is 0.845. The molecule has 4 rings (SSSR count). The Balaban J connectivity index is 1.77. The molecule has 0 unspecified atom stereocenters. The maximum Gasteiger partial charge on any atom is 0.310 e. The van der Waals surface area contributed by atoms with E-state index in [9.17, 15) is 14.7 Å². The van der Waals surface area contributed by atoms with Gasteiger partial charge in [-0.25, -0.2) is 0 Å². The average Bonchev–Trinajstić information content (AvgIpc) is 3.15. The van der Waals surface area contributed by atoms with Gasteiger partial charge in [0.25, 0.3) is 0 Å². The molecule has 2 saturated heterocycles. The Labute approximate surface area is 126 Å². The van der Waals surface area contributed by atoms with Crippen molar-refractivity contribution in [2.75, 3.05) is 18.6 Å². The molecule has 2 bridgehead atoms. The normalized spacial score (nSPS) is 35.0. The highest BCUT2D eigenvalue weighted by molar-refractivity contribution is 6.03. The zero-order chi connectivity index (χ0) is 15.5. The third kappa shape index (κ3) is 1.53. The van der Waals surface area contributed by atoms with Crippen LogP contribution >= 0.6 is 0 Å². The van der Waals surface area contributed by atoms with E-state index in [4.69, 9.17) is 9.47 Å². The molecule has 114 valence electrons. The van der Waals surface area contributed by atoms with Crippen LogP contribution in [-0.2, 0) is 14.3 Å². The topological polar surface area (TPSA) is 76.1 Å². The summed E-state index contributed by atoms with van der Waals surface area (Å²) in [5.74, 6) is -2.13. The number of hydrogen-bond donors (Lipinski definition) is 1. The van der Waals surface area contributed by atoms with Gasteiger partial charge in [-0.1, -0.05) is 24.3 Å². The van der Waals surface area contributed by atoms with Gasteiger partial charge in [0.1, 0.15) is 17.3 Å². The first-order valence-electron chi connectivity index (χ1n) is 7.12. The van der Waals surface area contributed by atoms with Gasteiger partial charge in [-0.3, -0.25) is 9.59 Å². The Morgan fingerprint density at radius 3 is 2.95 bits per heavy atom. The predicted molar refractivity (Wildman–Crippen MR) is 76.7 cm³/mol. The van der Waals surface area contributed by atoms with Crippen LogP contribution in [0.25, 0.3) is 0 Å². The van der Waals surface area contributed by atoms with Gasteiger partial charge in [0.15, 0.2) is 0 Å². The van der Waals surface area contributed by atoms with E-state index >= 15 is 0 Å². The van der Waals surface area contributed by atoms with Crippen molar-refractivity contribution in [2.45, 2.75) is 11.7 Å². The molecule has 1 amide bonds. The number of hydrogen-bond acceptors (Lipinski definition) is 4. The number of methoxy groups -OCH3 is 1. The number of benzene rings is 1. The number of rotatable bonds is 3. The summed E-state index contributed by atoms with van der Waals surface area (Å²) in [7, 11) is 1.54. The SMILES string of the molecule is COc1ccccc1N1C[C@]23C=C[C@@H](O2)[C@H](C(=O)O)[C@@H]3C1=O. The molecule has 3 heterocycles. The second-order valence-corrected chi connectivity index (χ2v) is 5.83. The first-order chi connectivity index (χ1) is 10.6. The van der Waals surface area contributed by atoms with E-state index in [2.05, 4.69) is 0 Å². The van der Waals surface area contributed by atoms with Gasteiger partial charge in [0.05, 0.1) is 31.4 Å². The van der Waals surface area contributed by atoms with E-state index in [1.165, 1.54) is 0 Å².